The molecule has 0 saturated carbocycles. The van der Waals surface area contributed by atoms with E-state index < -0.39 is 10.0 Å². The van der Waals surface area contributed by atoms with Crippen molar-refractivity contribution in [3.8, 4) is 0 Å². The van der Waals surface area contributed by atoms with Crippen LogP contribution in [0.25, 0.3) is 0 Å². The summed E-state index contributed by atoms with van der Waals surface area (Å²) >= 11 is 7.24. The van der Waals surface area contributed by atoms with Gasteiger partial charge in [0.15, 0.2) is 0 Å². The molecular weight excluding hydrogens is 380 g/mol. The van der Waals surface area contributed by atoms with Gasteiger partial charge in [0.2, 0.25) is 15.9 Å². The predicted octanol–water partition coefficient (Wildman–Crippen LogP) is 4.14. The minimum Gasteiger partial charge on any atom is -0.325 e. The van der Waals surface area contributed by atoms with Crippen LogP contribution < -0.4 is 10.0 Å². The first-order chi connectivity index (χ1) is 11.8. The zero-order valence-corrected chi connectivity index (χ0v) is 16.3. The number of carbonyl (C=O) groups is 1. The second kappa shape index (κ2) is 8.60. The minimum absolute atomic E-state index is 0.00679. The topological polar surface area (TPSA) is 75.3 Å². The molecule has 0 aliphatic heterocycles. The third-order valence-electron chi connectivity index (χ3n) is 3.34. The molecule has 5 nitrogen and oxygen atoms in total. The maximum Gasteiger partial charge on any atom is 0.234 e. The summed E-state index contributed by atoms with van der Waals surface area (Å²) in [5.74, 6) is 0.138. The number of halogens is 1. The van der Waals surface area contributed by atoms with E-state index in [4.69, 9.17) is 11.6 Å². The number of nitrogens with one attached hydrogen (secondary N) is 2. The van der Waals surface area contributed by atoms with E-state index in [1.807, 2.05) is 12.1 Å². The lowest BCUT2D eigenvalue weighted by molar-refractivity contribution is -0.113. The first kappa shape index (κ1) is 19.6. The summed E-state index contributed by atoms with van der Waals surface area (Å²) in [6, 6.07) is 12.3. The van der Waals surface area contributed by atoms with E-state index in [0.717, 1.165) is 10.5 Å². The Kier molecular flexibility index (Phi) is 6.75. The molecule has 8 heteroatoms. The number of rotatable bonds is 7. The van der Waals surface area contributed by atoms with Crippen LogP contribution in [0.2, 0.25) is 5.02 Å². The van der Waals surface area contributed by atoms with Gasteiger partial charge in [-0.3, -0.25) is 9.52 Å². The number of hydrogen-bond acceptors (Lipinski definition) is 4. The van der Waals surface area contributed by atoms with E-state index in [1.54, 1.807) is 44.2 Å². The fraction of sp³-hybridized carbons (Fsp3) is 0.235. The summed E-state index contributed by atoms with van der Waals surface area (Å²) in [4.78, 5) is 13.0. The number of thioether (sulfide) groups is 1. The van der Waals surface area contributed by atoms with E-state index in [-0.39, 0.29) is 17.4 Å². The lowest BCUT2D eigenvalue weighted by Gasteiger charge is -2.11. The molecule has 1 amide bonds. The highest BCUT2D eigenvalue weighted by atomic mass is 35.5. The van der Waals surface area contributed by atoms with Gasteiger partial charge in [-0.1, -0.05) is 11.6 Å². The molecule has 0 aliphatic rings. The summed E-state index contributed by atoms with van der Waals surface area (Å²) in [6.45, 7) is 3.36. The molecule has 0 bridgehead atoms. The summed E-state index contributed by atoms with van der Waals surface area (Å²) < 4.78 is 25.8. The minimum atomic E-state index is -3.32. The van der Waals surface area contributed by atoms with E-state index >= 15 is 0 Å². The maximum absolute atomic E-state index is 12.1. The van der Waals surface area contributed by atoms with Crippen molar-refractivity contribution in [2.45, 2.75) is 18.7 Å². The van der Waals surface area contributed by atoms with Crippen LogP contribution in [-0.2, 0) is 14.8 Å². The fourth-order valence-corrected chi connectivity index (χ4v) is 3.51. The molecule has 0 heterocycles. The van der Waals surface area contributed by atoms with Gasteiger partial charge in [0.1, 0.15) is 0 Å². The summed E-state index contributed by atoms with van der Waals surface area (Å²) in [5.41, 5.74) is 1.87. The number of anilines is 2. The molecule has 0 aliphatic carbocycles. The predicted molar refractivity (Wildman–Crippen MR) is 105 cm³/mol. The van der Waals surface area contributed by atoms with Crippen LogP contribution in [0, 0.1) is 6.92 Å². The SMILES string of the molecule is CCS(=O)(=O)Nc1ccc(NC(=O)CSc2ccc(Cl)cc2)cc1C. The van der Waals surface area contributed by atoms with Crippen LogP contribution in [0.5, 0.6) is 0 Å². The van der Waals surface area contributed by atoms with Crippen LogP contribution in [-0.4, -0.2) is 25.8 Å². The third kappa shape index (κ3) is 6.26. The van der Waals surface area contributed by atoms with Gasteiger partial charge in [0, 0.05) is 15.6 Å². The lowest BCUT2D eigenvalue weighted by Crippen LogP contribution is -2.16. The monoisotopic (exact) mass is 398 g/mol. The molecule has 0 fully saturated rings. The number of sulfonamides is 1. The Balaban J connectivity index is 1.94. The van der Waals surface area contributed by atoms with Crippen LogP contribution in [0.4, 0.5) is 11.4 Å². The number of amides is 1. The summed E-state index contributed by atoms with van der Waals surface area (Å²) in [7, 11) is -3.32. The molecule has 2 aromatic carbocycles. The molecule has 0 radical (unpaired) electrons. The molecule has 0 unspecified atom stereocenters. The lowest BCUT2D eigenvalue weighted by atomic mass is 10.2. The van der Waals surface area contributed by atoms with Gasteiger partial charge in [-0.15, -0.1) is 11.8 Å². The Morgan fingerprint density at radius 1 is 1.16 bits per heavy atom. The van der Waals surface area contributed by atoms with Crippen molar-refractivity contribution in [1.82, 2.24) is 0 Å². The Morgan fingerprint density at radius 3 is 2.44 bits per heavy atom. The van der Waals surface area contributed by atoms with Gasteiger partial charge in [0.25, 0.3) is 0 Å². The maximum atomic E-state index is 12.1. The van der Waals surface area contributed by atoms with Gasteiger partial charge in [0.05, 0.1) is 17.2 Å². The first-order valence-electron chi connectivity index (χ1n) is 7.58. The largest absolute Gasteiger partial charge is 0.325 e. The van der Waals surface area contributed by atoms with E-state index in [0.29, 0.717) is 16.4 Å². The van der Waals surface area contributed by atoms with Crippen molar-refractivity contribution in [1.29, 1.82) is 0 Å². The molecule has 0 saturated heterocycles. The highest BCUT2D eigenvalue weighted by molar-refractivity contribution is 8.00. The van der Waals surface area contributed by atoms with Crippen molar-refractivity contribution in [2.75, 3.05) is 21.5 Å². The van der Waals surface area contributed by atoms with Crippen molar-refractivity contribution in [3.63, 3.8) is 0 Å². The first-order valence-corrected chi connectivity index (χ1v) is 10.6. The third-order valence-corrected chi connectivity index (χ3v) is 5.89. The number of aryl methyl sites for hydroxylation is 1. The molecule has 25 heavy (non-hydrogen) atoms. The van der Waals surface area contributed by atoms with Crippen LogP contribution in [0.3, 0.4) is 0 Å². The van der Waals surface area contributed by atoms with Crippen LogP contribution in [0.1, 0.15) is 12.5 Å². The van der Waals surface area contributed by atoms with Crippen molar-refractivity contribution in [3.05, 3.63) is 53.1 Å². The molecule has 2 N–H and O–H groups in total. The molecule has 134 valence electrons. The molecule has 0 spiro atoms. The normalized spacial score (nSPS) is 11.2. The van der Waals surface area contributed by atoms with Crippen molar-refractivity contribution in [2.24, 2.45) is 0 Å². The Labute approximate surface area is 157 Å². The summed E-state index contributed by atoms with van der Waals surface area (Å²) in [6.07, 6.45) is 0. The second-order valence-corrected chi connectivity index (χ2v) is 8.82. The zero-order valence-electron chi connectivity index (χ0n) is 13.9. The highest BCUT2D eigenvalue weighted by Crippen LogP contribution is 2.23. The highest BCUT2D eigenvalue weighted by Gasteiger charge is 2.10. The molecule has 0 atom stereocenters. The van der Waals surface area contributed by atoms with E-state index in [9.17, 15) is 13.2 Å². The van der Waals surface area contributed by atoms with Gasteiger partial charge < -0.3 is 5.32 Å². The van der Waals surface area contributed by atoms with Crippen LogP contribution in [0.15, 0.2) is 47.4 Å². The van der Waals surface area contributed by atoms with Crippen molar-refractivity contribution >= 4 is 50.7 Å². The zero-order chi connectivity index (χ0) is 18.4. The van der Waals surface area contributed by atoms with Crippen molar-refractivity contribution < 1.29 is 13.2 Å². The average Bonchev–Trinajstić information content (AvgIpc) is 2.57. The van der Waals surface area contributed by atoms with Gasteiger partial charge in [-0.05, 0) is 61.9 Å². The number of benzene rings is 2. The number of hydrogen-bond donors (Lipinski definition) is 2. The quantitative estimate of drug-likeness (QED) is 0.687. The van der Waals surface area contributed by atoms with Gasteiger partial charge >= 0.3 is 0 Å². The Hall–Kier alpha value is -1.70. The standard InChI is InChI=1S/C17H19ClN2O3S2/c1-3-25(22,23)20-16-9-6-14(10-12(16)2)19-17(21)11-24-15-7-4-13(18)5-8-15/h4-10,20H,3,11H2,1-2H3,(H,19,21). The van der Waals surface area contributed by atoms with Gasteiger partial charge in [-0.2, -0.15) is 0 Å². The smallest absolute Gasteiger partial charge is 0.234 e. The molecule has 0 aromatic heterocycles. The molecule has 2 rings (SSSR count). The van der Waals surface area contributed by atoms with E-state index in [1.165, 1.54) is 11.8 Å². The van der Waals surface area contributed by atoms with Gasteiger partial charge in [-0.25, -0.2) is 8.42 Å². The van der Waals surface area contributed by atoms with E-state index in [2.05, 4.69) is 10.0 Å². The number of carbonyl (C=O) groups excluding carboxylic acids is 1. The average molecular weight is 399 g/mol. The molecule has 2 aromatic rings. The van der Waals surface area contributed by atoms with Crippen LogP contribution >= 0.6 is 23.4 Å². The fourth-order valence-electron chi connectivity index (χ4n) is 1.97. The molecular formula is C17H19ClN2O3S2. The summed E-state index contributed by atoms with van der Waals surface area (Å²) in [5, 5.41) is 3.46. The Morgan fingerprint density at radius 2 is 1.84 bits per heavy atom. The second-order valence-electron chi connectivity index (χ2n) is 5.33. The Bertz CT molecular complexity index is 853.